The Balaban J connectivity index is 1.60. The van der Waals surface area contributed by atoms with Crippen LogP contribution in [0.2, 0.25) is 0 Å². The van der Waals surface area contributed by atoms with Crippen molar-refractivity contribution in [1.29, 1.82) is 0 Å². The summed E-state index contributed by atoms with van der Waals surface area (Å²) in [6, 6.07) is 8.23. The molecule has 1 aromatic heterocycles. The van der Waals surface area contributed by atoms with Gasteiger partial charge in [0.05, 0.1) is 6.04 Å². The summed E-state index contributed by atoms with van der Waals surface area (Å²) < 4.78 is 0. The summed E-state index contributed by atoms with van der Waals surface area (Å²) in [5.41, 5.74) is 2.44. The predicted molar refractivity (Wildman–Crippen MR) is 86.8 cm³/mol. The number of thioether (sulfide) groups is 1. The van der Waals surface area contributed by atoms with Gasteiger partial charge in [-0.05, 0) is 12.5 Å². The molecule has 2 aromatic rings. The third-order valence-corrected chi connectivity index (χ3v) is 4.98. The van der Waals surface area contributed by atoms with Gasteiger partial charge in [0.15, 0.2) is 0 Å². The van der Waals surface area contributed by atoms with Crippen LogP contribution in [0.25, 0.3) is 0 Å². The van der Waals surface area contributed by atoms with E-state index in [4.69, 9.17) is 0 Å². The van der Waals surface area contributed by atoms with Gasteiger partial charge >= 0.3 is 0 Å². The maximum atomic E-state index is 12.0. The van der Waals surface area contributed by atoms with E-state index in [0.29, 0.717) is 5.13 Å². The normalized spacial score (nSPS) is 17.9. The maximum absolute atomic E-state index is 12.0. The van der Waals surface area contributed by atoms with Gasteiger partial charge < -0.3 is 0 Å². The highest BCUT2D eigenvalue weighted by Gasteiger charge is 2.23. The first-order valence-electron chi connectivity index (χ1n) is 6.70. The zero-order chi connectivity index (χ0) is 14.7. The third-order valence-electron chi connectivity index (χ3n) is 3.21. The lowest BCUT2D eigenvalue weighted by molar-refractivity contribution is -0.117. The zero-order valence-corrected chi connectivity index (χ0v) is 13.3. The molecule has 0 bridgehead atoms. The van der Waals surface area contributed by atoms with Gasteiger partial charge in [-0.15, -0.1) is 22.0 Å². The highest BCUT2D eigenvalue weighted by atomic mass is 32.2. The zero-order valence-electron chi connectivity index (χ0n) is 11.6. The molecule has 1 aliphatic heterocycles. The Morgan fingerprint density at radius 2 is 2.19 bits per heavy atom. The summed E-state index contributed by atoms with van der Waals surface area (Å²) in [5, 5.41) is 15.6. The molecule has 21 heavy (non-hydrogen) atoms. The van der Waals surface area contributed by atoms with Crippen LogP contribution in [0.4, 0.5) is 5.13 Å². The summed E-state index contributed by atoms with van der Waals surface area (Å²) in [6.45, 7) is 2.07. The Morgan fingerprint density at radius 1 is 1.38 bits per heavy atom. The molecule has 7 heteroatoms. The van der Waals surface area contributed by atoms with E-state index >= 15 is 0 Å². The Morgan fingerprint density at radius 3 is 2.90 bits per heavy atom. The lowest BCUT2D eigenvalue weighted by atomic mass is 10.1. The number of aryl methyl sites for hydroxylation is 1. The van der Waals surface area contributed by atoms with Gasteiger partial charge in [-0.3, -0.25) is 15.4 Å². The summed E-state index contributed by atoms with van der Waals surface area (Å²) >= 11 is 3.15. The molecule has 1 fully saturated rings. The number of anilines is 1. The second-order valence-electron chi connectivity index (χ2n) is 4.92. The van der Waals surface area contributed by atoms with Crippen molar-refractivity contribution >= 4 is 34.1 Å². The largest absolute Gasteiger partial charge is 0.299 e. The molecule has 3 rings (SSSR count). The SMILES string of the molecule is Cc1ccc(Cc2nnc(NC(=O)C3CSCN3)s2)cc1. The molecule has 0 aliphatic carbocycles. The summed E-state index contributed by atoms with van der Waals surface area (Å²) in [5.74, 6) is 1.60. The first-order chi connectivity index (χ1) is 10.2. The average Bonchev–Trinajstić information content (AvgIpc) is 3.13. The molecule has 5 nitrogen and oxygen atoms in total. The van der Waals surface area contributed by atoms with Crippen molar-refractivity contribution in [2.24, 2.45) is 0 Å². The van der Waals surface area contributed by atoms with Gasteiger partial charge in [-0.2, -0.15) is 0 Å². The fraction of sp³-hybridized carbons (Fsp3) is 0.357. The number of rotatable bonds is 4. The van der Waals surface area contributed by atoms with E-state index in [9.17, 15) is 4.79 Å². The van der Waals surface area contributed by atoms with Crippen LogP contribution in [-0.4, -0.2) is 33.8 Å². The number of benzene rings is 1. The number of nitrogens with zero attached hydrogens (tertiary/aromatic N) is 2. The van der Waals surface area contributed by atoms with Gasteiger partial charge in [-0.25, -0.2) is 0 Å². The Hall–Kier alpha value is -1.44. The second kappa shape index (κ2) is 6.55. The van der Waals surface area contributed by atoms with Crippen LogP contribution >= 0.6 is 23.1 Å². The van der Waals surface area contributed by atoms with Gasteiger partial charge in [0.2, 0.25) is 11.0 Å². The van der Waals surface area contributed by atoms with Crippen LogP contribution in [0, 0.1) is 6.92 Å². The number of amides is 1. The number of carbonyl (C=O) groups is 1. The van der Waals surface area contributed by atoms with Crippen LogP contribution in [0.15, 0.2) is 24.3 Å². The molecule has 1 saturated heterocycles. The van der Waals surface area contributed by atoms with Crippen molar-refractivity contribution in [1.82, 2.24) is 15.5 Å². The molecule has 1 amide bonds. The topological polar surface area (TPSA) is 66.9 Å². The highest BCUT2D eigenvalue weighted by molar-refractivity contribution is 7.99. The van der Waals surface area contributed by atoms with Crippen LogP contribution in [0.3, 0.4) is 0 Å². The fourth-order valence-electron chi connectivity index (χ4n) is 2.01. The van der Waals surface area contributed by atoms with Crippen molar-refractivity contribution in [3.05, 3.63) is 40.4 Å². The van der Waals surface area contributed by atoms with Crippen LogP contribution in [0.5, 0.6) is 0 Å². The summed E-state index contributed by atoms with van der Waals surface area (Å²) in [6.07, 6.45) is 0.741. The quantitative estimate of drug-likeness (QED) is 0.902. The number of hydrogen-bond acceptors (Lipinski definition) is 6. The summed E-state index contributed by atoms with van der Waals surface area (Å²) in [4.78, 5) is 12.0. The van der Waals surface area contributed by atoms with Gasteiger partial charge in [0.25, 0.3) is 0 Å². The molecule has 1 atom stereocenters. The molecule has 2 heterocycles. The van der Waals surface area contributed by atoms with E-state index < -0.39 is 0 Å². The molecular weight excluding hydrogens is 304 g/mol. The molecule has 0 radical (unpaired) electrons. The van der Waals surface area contributed by atoms with Crippen molar-refractivity contribution in [3.8, 4) is 0 Å². The first-order valence-corrected chi connectivity index (χ1v) is 8.68. The Labute approximate surface area is 131 Å². The number of carbonyl (C=O) groups excluding carboxylic acids is 1. The fourth-order valence-corrected chi connectivity index (χ4v) is 3.73. The molecule has 1 aromatic carbocycles. The smallest absolute Gasteiger partial charge is 0.244 e. The van der Waals surface area contributed by atoms with Crippen molar-refractivity contribution in [2.45, 2.75) is 19.4 Å². The number of nitrogens with one attached hydrogen (secondary N) is 2. The van der Waals surface area contributed by atoms with Gasteiger partial charge in [0, 0.05) is 18.1 Å². The summed E-state index contributed by atoms with van der Waals surface area (Å²) in [7, 11) is 0. The standard InChI is InChI=1S/C14H16N4OS2/c1-9-2-4-10(5-3-9)6-12-17-18-14(21-12)16-13(19)11-7-20-8-15-11/h2-5,11,15H,6-8H2,1H3,(H,16,18,19). The van der Waals surface area contributed by atoms with Crippen molar-refractivity contribution in [2.75, 3.05) is 16.9 Å². The predicted octanol–water partition coefficient (Wildman–Crippen LogP) is 2.04. The van der Waals surface area contributed by atoms with Gasteiger partial charge in [0.1, 0.15) is 5.01 Å². The van der Waals surface area contributed by atoms with Gasteiger partial charge in [-0.1, -0.05) is 41.2 Å². The molecule has 110 valence electrons. The maximum Gasteiger partial charge on any atom is 0.244 e. The first kappa shape index (κ1) is 14.5. The second-order valence-corrected chi connectivity index (χ2v) is 7.02. The Bertz CT molecular complexity index is 620. The van der Waals surface area contributed by atoms with E-state index in [1.165, 1.54) is 22.5 Å². The number of aromatic nitrogens is 2. The molecule has 0 spiro atoms. The molecule has 2 N–H and O–H groups in total. The minimum atomic E-state index is -0.126. The Kier molecular flexibility index (Phi) is 4.52. The average molecular weight is 320 g/mol. The van der Waals surface area contributed by atoms with E-state index in [1.54, 1.807) is 11.8 Å². The van der Waals surface area contributed by atoms with E-state index in [1.807, 2.05) is 0 Å². The molecule has 1 unspecified atom stereocenters. The van der Waals surface area contributed by atoms with Crippen LogP contribution in [0.1, 0.15) is 16.1 Å². The molecule has 1 aliphatic rings. The highest BCUT2D eigenvalue weighted by Crippen LogP contribution is 2.20. The van der Waals surface area contributed by atoms with Crippen molar-refractivity contribution < 1.29 is 4.79 Å². The minimum absolute atomic E-state index is 0.0296. The molecular formula is C14H16N4OS2. The lowest BCUT2D eigenvalue weighted by Crippen LogP contribution is -2.37. The van der Waals surface area contributed by atoms with Crippen LogP contribution < -0.4 is 10.6 Å². The van der Waals surface area contributed by atoms with Crippen molar-refractivity contribution in [3.63, 3.8) is 0 Å². The third kappa shape index (κ3) is 3.81. The van der Waals surface area contributed by atoms with Crippen LogP contribution in [-0.2, 0) is 11.2 Å². The van der Waals surface area contributed by atoms with E-state index in [-0.39, 0.29) is 11.9 Å². The minimum Gasteiger partial charge on any atom is -0.299 e. The van der Waals surface area contributed by atoms with E-state index in [0.717, 1.165) is 23.1 Å². The monoisotopic (exact) mass is 320 g/mol. The number of hydrogen-bond donors (Lipinski definition) is 2. The molecule has 0 saturated carbocycles. The van der Waals surface area contributed by atoms with E-state index in [2.05, 4.69) is 52.0 Å². The lowest BCUT2D eigenvalue weighted by Gasteiger charge is -2.07.